The summed E-state index contributed by atoms with van der Waals surface area (Å²) in [6.45, 7) is 3.53. The molecule has 2 aromatic rings. The molecule has 0 aliphatic heterocycles. The fourth-order valence-corrected chi connectivity index (χ4v) is 2.58. The maximum atomic E-state index is 13.3. The van der Waals surface area contributed by atoms with Crippen molar-refractivity contribution in [3.8, 4) is 5.19 Å². The van der Waals surface area contributed by atoms with Crippen molar-refractivity contribution < 1.29 is 23.0 Å². The quantitative estimate of drug-likeness (QED) is 0.795. The highest BCUT2D eigenvalue weighted by atomic mass is 32.1. The Morgan fingerprint density at radius 2 is 2.04 bits per heavy atom. The van der Waals surface area contributed by atoms with Gasteiger partial charge in [-0.1, -0.05) is 28.6 Å². The molecule has 0 saturated carbocycles. The van der Waals surface area contributed by atoms with E-state index in [0.29, 0.717) is 11.3 Å². The van der Waals surface area contributed by atoms with Gasteiger partial charge in [-0.05, 0) is 31.0 Å². The maximum absolute atomic E-state index is 13.3. The normalized spacial score (nSPS) is 11.4. The number of halogens is 2. The molecule has 0 N–H and O–H groups in total. The van der Waals surface area contributed by atoms with E-state index in [-0.39, 0.29) is 17.7 Å². The number of hydrogen-bond donors (Lipinski definition) is 0. The molecular weight excluding hydrogens is 340 g/mol. The van der Waals surface area contributed by atoms with Gasteiger partial charge in [0.25, 0.3) is 11.1 Å². The largest absolute Gasteiger partial charge is 0.459 e. The first-order chi connectivity index (χ1) is 11.3. The Bertz CT molecular complexity index is 737. The van der Waals surface area contributed by atoms with Crippen LogP contribution in [0.4, 0.5) is 14.5 Å². The summed E-state index contributed by atoms with van der Waals surface area (Å²) < 4.78 is 35.8. The highest BCUT2D eigenvalue weighted by molar-refractivity contribution is 7.13. The van der Waals surface area contributed by atoms with Gasteiger partial charge >= 0.3 is 6.11 Å². The van der Waals surface area contributed by atoms with Gasteiger partial charge in [0.2, 0.25) is 5.01 Å². The van der Waals surface area contributed by atoms with Gasteiger partial charge in [0, 0.05) is 19.8 Å². The first-order valence-corrected chi connectivity index (χ1v) is 7.80. The predicted molar refractivity (Wildman–Crippen MR) is 85.6 cm³/mol. The van der Waals surface area contributed by atoms with Crippen LogP contribution >= 0.6 is 11.3 Å². The molecule has 0 spiro atoms. The van der Waals surface area contributed by atoms with Gasteiger partial charge in [0.15, 0.2) is 6.61 Å². The summed E-state index contributed by atoms with van der Waals surface area (Å²) >= 11 is 0.529. The molecule has 0 radical (unpaired) electrons. The van der Waals surface area contributed by atoms with Crippen LogP contribution in [0, 0.1) is 13.8 Å². The minimum atomic E-state index is -3.53. The number of carbonyl (C=O) groups excluding carboxylic acids is 1. The molecule has 0 aliphatic rings. The molecule has 130 valence electrons. The lowest BCUT2D eigenvalue weighted by atomic mass is 10.1. The van der Waals surface area contributed by atoms with Gasteiger partial charge in [-0.3, -0.25) is 4.79 Å². The van der Waals surface area contributed by atoms with Gasteiger partial charge in [0.05, 0.1) is 0 Å². The number of likely N-dealkylation sites (N-methyl/N-ethyl adjacent to an activating group) is 1. The number of rotatable bonds is 6. The molecule has 0 atom stereocenters. The van der Waals surface area contributed by atoms with Crippen molar-refractivity contribution in [1.82, 2.24) is 10.2 Å². The van der Waals surface area contributed by atoms with E-state index in [1.165, 1.54) is 4.90 Å². The van der Waals surface area contributed by atoms with E-state index in [0.717, 1.165) is 23.9 Å². The third-order valence-corrected chi connectivity index (χ3v) is 4.43. The Balaban J connectivity index is 2.02. The molecule has 0 saturated heterocycles. The molecule has 0 unspecified atom stereocenters. The molecule has 0 aliphatic carbocycles. The van der Waals surface area contributed by atoms with Gasteiger partial charge in [-0.25, -0.2) is 0 Å². The number of amides is 1. The van der Waals surface area contributed by atoms with E-state index in [1.807, 2.05) is 32.0 Å². The van der Waals surface area contributed by atoms with Gasteiger partial charge in [0.1, 0.15) is 0 Å². The second-order valence-corrected chi connectivity index (χ2v) is 5.99. The number of alkyl halides is 2. The number of hydrogen-bond acceptors (Lipinski definition) is 6. The number of nitrogens with zero attached hydrogens (tertiary/aromatic N) is 3. The summed E-state index contributed by atoms with van der Waals surface area (Å²) in [7, 11) is 2.49. The predicted octanol–water partition coefficient (Wildman–Crippen LogP) is 2.89. The molecule has 1 aromatic heterocycles. The Kier molecular flexibility index (Phi) is 5.45. The first-order valence-electron chi connectivity index (χ1n) is 6.98. The van der Waals surface area contributed by atoms with Crippen LogP contribution in [-0.2, 0) is 15.6 Å². The Hall–Kier alpha value is -2.13. The lowest BCUT2D eigenvalue weighted by Gasteiger charge is -2.20. The topological polar surface area (TPSA) is 64.6 Å². The van der Waals surface area contributed by atoms with Crippen molar-refractivity contribution in [2.24, 2.45) is 0 Å². The third kappa shape index (κ3) is 3.85. The van der Waals surface area contributed by atoms with Crippen molar-refractivity contribution in [1.29, 1.82) is 0 Å². The smallest absolute Gasteiger partial charge is 0.411 e. The number of carbonyl (C=O) groups is 1. The molecule has 1 amide bonds. The molecule has 0 fully saturated rings. The van der Waals surface area contributed by atoms with Crippen molar-refractivity contribution in [3.63, 3.8) is 0 Å². The fourth-order valence-electron chi connectivity index (χ4n) is 1.93. The Morgan fingerprint density at radius 1 is 1.33 bits per heavy atom. The fraction of sp³-hybridized carbons (Fsp3) is 0.400. The van der Waals surface area contributed by atoms with Crippen LogP contribution in [0.2, 0.25) is 0 Å². The van der Waals surface area contributed by atoms with Crippen molar-refractivity contribution in [3.05, 3.63) is 34.3 Å². The molecule has 9 heteroatoms. The van der Waals surface area contributed by atoms with Gasteiger partial charge < -0.3 is 14.4 Å². The number of aryl methyl sites for hydroxylation is 1. The zero-order valence-corrected chi connectivity index (χ0v) is 14.5. The van der Waals surface area contributed by atoms with E-state index < -0.39 is 11.1 Å². The van der Waals surface area contributed by atoms with Crippen LogP contribution in [0.3, 0.4) is 0 Å². The van der Waals surface area contributed by atoms with Gasteiger partial charge in [-0.15, -0.1) is 5.10 Å². The average Bonchev–Trinajstić information content (AvgIpc) is 3.04. The van der Waals surface area contributed by atoms with Crippen molar-refractivity contribution >= 4 is 22.9 Å². The van der Waals surface area contributed by atoms with Crippen LogP contribution in [0.5, 0.6) is 5.19 Å². The Labute approximate surface area is 142 Å². The number of methoxy groups -OCH3 is 1. The van der Waals surface area contributed by atoms with E-state index in [1.54, 1.807) is 7.05 Å². The van der Waals surface area contributed by atoms with Crippen LogP contribution in [0.25, 0.3) is 0 Å². The maximum Gasteiger partial charge on any atom is 0.411 e. The number of anilines is 1. The summed E-state index contributed by atoms with van der Waals surface area (Å²) in [5, 5.41) is 6.04. The SMILES string of the molecule is COC(F)(F)c1nnc(OCC(=O)N(C)c2cccc(C)c2C)s1. The first kappa shape index (κ1) is 18.2. The van der Waals surface area contributed by atoms with E-state index in [2.05, 4.69) is 14.9 Å². The van der Waals surface area contributed by atoms with Crippen molar-refractivity contribution in [2.45, 2.75) is 20.0 Å². The number of ether oxygens (including phenoxy) is 2. The Morgan fingerprint density at radius 3 is 2.71 bits per heavy atom. The zero-order valence-electron chi connectivity index (χ0n) is 13.7. The standard InChI is InChI=1S/C15H17F2N3O3S/c1-9-6-5-7-11(10(9)2)20(3)12(21)8-23-14-19-18-13(24-14)15(16,17)22-4/h5-7H,8H2,1-4H3. The van der Waals surface area contributed by atoms with E-state index in [4.69, 9.17) is 4.74 Å². The van der Waals surface area contributed by atoms with E-state index in [9.17, 15) is 13.6 Å². The number of benzene rings is 1. The minimum absolute atomic E-state index is 0.121. The lowest BCUT2D eigenvalue weighted by molar-refractivity contribution is -0.231. The van der Waals surface area contributed by atoms with Gasteiger partial charge in [-0.2, -0.15) is 8.78 Å². The second-order valence-electron chi connectivity index (χ2n) is 5.05. The summed E-state index contributed by atoms with van der Waals surface area (Å²) in [4.78, 5) is 13.7. The average molecular weight is 357 g/mol. The van der Waals surface area contributed by atoms with Crippen LogP contribution in [0.15, 0.2) is 18.2 Å². The number of aromatic nitrogens is 2. The monoisotopic (exact) mass is 357 g/mol. The second kappa shape index (κ2) is 7.18. The van der Waals surface area contributed by atoms with E-state index >= 15 is 0 Å². The highest BCUT2D eigenvalue weighted by Crippen LogP contribution is 2.33. The molecule has 2 rings (SSSR count). The lowest BCUT2D eigenvalue weighted by Crippen LogP contribution is -2.31. The third-order valence-electron chi connectivity index (χ3n) is 3.54. The molecule has 24 heavy (non-hydrogen) atoms. The molecule has 1 aromatic carbocycles. The zero-order chi connectivity index (χ0) is 17.9. The summed E-state index contributed by atoms with van der Waals surface area (Å²) in [6.07, 6.45) is -3.53. The minimum Gasteiger partial charge on any atom is -0.459 e. The summed E-state index contributed by atoms with van der Waals surface area (Å²) in [6, 6.07) is 5.63. The highest BCUT2D eigenvalue weighted by Gasteiger charge is 2.36. The van der Waals surface area contributed by atoms with Crippen LogP contribution in [0.1, 0.15) is 16.1 Å². The van der Waals surface area contributed by atoms with Crippen molar-refractivity contribution in [2.75, 3.05) is 25.7 Å². The molecule has 0 bridgehead atoms. The molecular formula is C15H17F2N3O3S. The van der Waals surface area contributed by atoms with Crippen LogP contribution < -0.4 is 9.64 Å². The summed E-state index contributed by atoms with van der Waals surface area (Å²) in [5.74, 6) is -0.334. The molecule has 6 nitrogen and oxygen atoms in total. The molecule has 1 heterocycles. The van der Waals surface area contributed by atoms with Crippen LogP contribution in [-0.4, -0.2) is 36.9 Å². The summed E-state index contributed by atoms with van der Waals surface area (Å²) in [5.41, 5.74) is 2.79.